The number of hydrogen-bond donors (Lipinski definition) is 2. The third-order valence-electron chi connectivity index (χ3n) is 4.22. The zero-order valence-corrected chi connectivity index (χ0v) is 17.1. The minimum atomic E-state index is -0.718. The number of carbonyl (C=O) groups excluding carboxylic acids is 3. The lowest BCUT2D eigenvalue weighted by Crippen LogP contribution is -2.47. The Morgan fingerprint density at radius 3 is 2.48 bits per heavy atom. The van der Waals surface area contributed by atoms with E-state index in [4.69, 9.17) is 9.47 Å². The number of thiazole rings is 1. The number of hydrogen-bond acceptors (Lipinski definition) is 7. The minimum Gasteiger partial charge on any atom is -0.463 e. The number of aryl methyl sites for hydroxylation is 2. The number of ether oxygens (including phenoxy) is 2. The quantitative estimate of drug-likeness (QED) is 0.703. The van der Waals surface area contributed by atoms with Crippen LogP contribution in [0.3, 0.4) is 0 Å². The van der Waals surface area contributed by atoms with Crippen LogP contribution in [0.2, 0.25) is 0 Å². The summed E-state index contributed by atoms with van der Waals surface area (Å²) in [6.45, 7) is 5.11. The molecule has 0 aliphatic carbocycles. The van der Waals surface area contributed by atoms with E-state index in [1.54, 1.807) is 45.0 Å². The fourth-order valence-corrected chi connectivity index (χ4v) is 3.81. The molecule has 0 radical (unpaired) electrons. The van der Waals surface area contributed by atoms with Crippen LogP contribution >= 0.6 is 11.3 Å². The molecule has 2 heterocycles. The summed E-state index contributed by atoms with van der Waals surface area (Å²) in [6, 6.07) is 7.82. The third-order valence-corrected chi connectivity index (χ3v) is 5.27. The number of esters is 2. The number of nitrogens with one attached hydrogen (secondary N) is 2. The van der Waals surface area contributed by atoms with Crippen molar-refractivity contribution in [3.63, 3.8) is 0 Å². The molecule has 0 saturated heterocycles. The van der Waals surface area contributed by atoms with Crippen LogP contribution in [-0.2, 0) is 14.3 Å². The van der Waals surface area contributed by atoms with E-state index in [-0.39, 0.29) is 24.5 Å². The first kappa shape index (κ1) is 20.5. The maximum atomic E-state index is 12.7. The van der Waals surface area contributed by atoms with Gasteiger partial charge in [-0.05, 0) is 26.3 Å². The van der Waals surface area contributed by atoms with Crippen LogP contribution < -0.4 is 10.6 Å². The molecule has 0 saturated carbocycles. The Kier molecular flexibility index (Phi) is 6.28. The van der Waals surface area contributed by atoms with Gasteiger partial charge >= 0.3 is 18.0 Å². The van der Waals surface area contributed by atoms with Gasteiger partial charge < -0.3 is 20.1 Å². The highest BCUT2D eigenvalue weighted by atomic mass is 32.1. The van der Waals surface area contributed by atoms with Crippen LogP contribution in [-0.4, -0.2) is 36.2 Å². The van der Waals surface area contributed by atoms with Gasteiger partial charge in [0.1, 0.15) is 11.5 Å². The van der Waals surface area contributed by atoms with E-state index < -0.39 is 24.0 Å². The number of rotatable bonds is 6. The molecular formula is C20H21N3O5S. The van der Waals surface area contributed by atoms with Crippen LogP contribution in [0, 0.1) is 13.8 Å². The lowest BCUT2D eigenvalue weighted by atomic mass is 9.95. The van der Waals surface area contributed by atoms with Gasteiger partial charge in [0.05, 0.1) is 34.6 Å². The molecule has 2 N–H and O–H groups in total. The van der Waals surface area contributed by atoms with Crippen molar-refractivity contribution in [2.24, 2.45) is 0 Å². The average molecular weight is 415 g/mol. The number of benzene rings is 1. The smallest absolute Gasteiger partial charge is 0.350 e. The minimum absolute atomic E-state index is 0.171. The molecule has 0 spiro atoms. The number of nitrogens with zero attached hydrogens (tertiary/aromatic N) is 1. The van der Waals surface area contributed by atoms with Gasteiger partial charge in [-0.1, -0.05) is 30.3 Å². The van der Waals surface area contributed by atoms with E-state index in [2.05, 4.69) is 15.6 Å². The second-order valence-electron chi connectivity index (χ2n) is 6.28. The van der Waals surface area contributed by atoms with Crippen LogP contribution in [0.25, 0.3) is 0 Å². The molecule has 2 aromatic rings. The lowest BCUT2D eigenvalue weighted by Gasteiger charge is -2.29. The molecule has 152 valence electrons. The van der Waals surface area contributed by atoms with Gasteiger partial charge in [0.15, 0.2) is 0 Å². The monoisotopic (exact) mass is 415 g/mol. The van der Waals surface area contributed by atoms with Crippen molar-refractivity contribution in [3.05, 3.63) is 62.7 Å². The van der Waals surface area contributed by atoms with E-state index in [1.165, 1.54) is 11.3 Å². The fraction of sp³-hybridized carbons (Fsp3) is 0.300. The summed E-state index contributed by atoms with van der Waals surface area (Å²) < 4.78 is 10.6. The Balaban J connectivity index is 1.92. The molecule has 0 unspecified atom stereocenters. The topological polar surface area (TPSA) is 107 Å². The molecule has 1 aromatic carbocycles. The molecule has 2 amide bonds. The third kappa shape index (κ3) is 4.62. The first-order valence-corrected chi connectivity index (χ1v) is 9.86. The zero-order valence-electron chi connectivity index (χ0n) is 16.3. The van der Waals surface area contributed by atoms with E-state index in [0.717, 1.165) is 5.01 Å². The molecule has 8 nitrogen and oxygen atoms in total. The molecule has 1 aliphatic rings. The van der Waals surface area contributed by atoms with Crippen molar-refractivity contribution in [1.82, 2.24) is 15.6 Å². The highest BCUT2D eigenvalue weighted by Crippen LogP contribution is 2.28. The Labute approximate surface area is 171 Å². The number of amides is 2. The fourth-order valence-electron chi connectivity index (χ4n) is 3.00. The van der Waals surface area contributed by atoms with E-state index in [9.17, 15) is 14.4 Å². The largest absolute Gasteiger partial charge is 0.463 e. The highest BCUT2D eigenvalue weighted by molar-refractivity contribution is 7.13. The number of urea groups is 1. The molecule has 0 bridgehead atoms. The first-order valence-electron chi connectivity index (χ1n) is 9.04. The SMILES string of the molecule is CCOC(=O)C1=C(COC(=O)c2sc(C)nc2C)NC(=O)N[C@H]1c1ccccc1. The van der Waals surface area contributed by atoms with Crippen molar-refractivity contribution in [2.75, 3.05) is 13.2 Å². The maximum absolute atomic E-state index is 12.7. The molecule has 1 atom stereocenters. The van der Waals surface area contributed by atoms with Gasteiger partial charge in [0.2, 0.25) is 0 Å². The molecule has 29 heavy (non-hydrogen) atoms. The van der Waals surface area contributed by atoms with Crippen LogP contribution in [0.15, 0.2) is 41.6 Å². The van der Waals surface area contributed by atoms with Crippen molar-refractivity contribution in [2.45, 2.75) is 26.8 Å². The van der Waals surface area contributed by atoms with Crippen molar-refractivity contribution >= 4 is 29.3 Å². The van der Waals surface area contributed by atoms with Gasteiger partial charge in [0.25, 0.3) is 0 Å². The normalized spacial score (nSPS) is 16.1. The number of carbonyl (C=O) groups is 3. The summed E-state index contributed by atoms with van der Waals surface area (Å²) in [5.41, 5.74) is 1.67. The molecule has 9 heteroatoms. The van der Waals surface area contributed by atoms with Crippen molar-refractivity contribution < 1.29 is 23.9 Å². The Bertz CT molecular complexity index is 968. The van der Waals surface area contributed by atoms with E-state index >= 15 is 0 Å². The van der Waals surface area contributed by atoms with Crippen molar-refractivity contribution in [3.8, 4) is 0 Å². The number of aromatic nitrogens is 1. The molecule has 0 fully saturated rings. The molecule has 1 aromatic heterocycles. The van der Waals surface area contributed by atoms with Crippen LogP contribution in [0.5, 0.6) is 0 Å². The molecule has 3 rings (SSSR count). The van der Waals surface area contributed by atoms with Gasteiger partial charge in [0, 0.05) is 0 Å². The summed E-state index contributed by atoms with van der Waals surface area (Å²) in [5.74, 6) is -1.16. The van der Waals surface area contributed by atoms with E-state index in [1.807, 2.05) is 6.07 Å². The molecule has 1 aliphatic heterocycles. The second kappa shape index (κ2) is 8.87. The predicted molar refractivity (Wildman–Crippen MR) is 106 cm³/mol. The standard InChI is InChI=1S/C20H21N3O5S/c1-4-27-18(24)15-14(10-28-19(25)17-11(2)21-12(3)29-17)22-20(26)23-16(15)13-8-6-5-7-9-13/h5-9,16H,4,10H2,1-3H3,(H2,22,23,26)/t16-/m0/s1. The predicted octanol–water partition coefficient (Wildman–Crippen LogP) is 2.79. The van der Waals surface area contributed by atoms with Gasteiger partial charge in [-0.25, -0.2) is 19.4 Å². The summed E-state index contributed by atoms with van der Waals surface area (Å²) in [7, 11) is 0. The Morgan fingerprint density at radius 2 is 1.86 bits per heavy atom. The Hall–Kier alpha value is -3.20. The second-order valence-corrected chi connectivity index (χ2v) is 7.48. The average Bonchev–Trinajstić information content (AvgIpc) is 3.04. The molecular weight excluding hydrogens is 394 g/mol. The summed E-state index contributed by atoms with van der Waals surface area (Å²) in [5, 5.41) is 6.05. The highest BCUT2D eigenvalue weighted by Gasteiger charge is 2.34. The van der Waals surface area contributed by atoms with Gasteiger partial charge in [-0.3, -0.25) is 0 Å². The summed E-state index contributed by atoms with van der Waals surface area (Å²) in [6.07, 6.45) is 0. The zero-order chi connectivity index (χ0) is 21.0. The lowest BCUT2D eigenvalue weighted by molar-refractivity contribution is -0.139. The summed E-state index contributed by atoms with van der Waals surface area (Å²) in [4.78, 5) is 41.9. The maximum Gasteiger partial charge on any atom is 0.350 e. The summed E-state index contributed by atoms with van der Waals surface area (Å²) >= 11 is 1.23. The van der Waals surface area contributed by atoms with Crippen LogP contribution in [0.4, 0.5) is 4.79 Å². The van der Waals surface area contributed by atoms with Gasteiger partial charge in [-0.2, -0.15) is 0 Å². The first-order chi connectivity index (χ1) is 13.9. The Morgan fingerprint density at radius 1 is 1.14 bits per heavy atom. The van der Waals surface area contributed by atoms with E-state index in [0.29, 0.717) is 16.1 Å². The van der Waals surface area contributed by atoms with Gasteiger partial charge in [-0.15, -0.1) is 11.3 Å². The van der Waals surface area contributed by atoms with Crippen LogP contribution in [0.1, 0.15) is 38.9 Å². The van der Waals surface area contributed by atoms with Crippen molar-refractivity contribution in [1.29, 1.82) is 0 Å².